The molecule has 2 atom stereocenters. The van der Waals surface area contributed by atoms with Crippen LogP contribution in [0.1, 0.15) is 36.1 Å². The highest BCUT2D eigenvalue weighted by atomic mass is 35.5. The van der Waals surface area contributed by atoms with Gasteiger partial charge in [-0.05, 0) is 72.8 Å². The number of hydrogen-bond donors (Lipinski definition) is 1. The highest BCUT2D eigenvalue weighted by Crippen LogP contribution is 2.29. The topological polar surface area (TPSA) is 57.7 Å². The zero-order chi connectivity index (χ0) is 26.9. The first-order valence-corrected chi connectivity index (χ1v) is 14.3. The second-order valence-electron chi connectivity index (χ2n) is 10.4. The molecule has 1 aromatic heterocycles. The number of likely N-dealkylation sites (tertiary alicyclic amines) is 1. The monoisotopic (exact) mass is 544 g/mol. The molecule has 0 radical (unpaired) electrons. The molecule has 2 aliphatic rings. The lowest BCUT2D eigenvalue weighted by molar-refractivity contribution is -0.116. The van der Waals surface area contributed by atoms with Crippen molar-refractivity contribution >= 4 is 35.3 Å². The largest absolute Gasteiger partial charge is 0.379 e. The van der Waals surface area contributed by atoms with E-state index in [1.54, 1.807) is 6.20 Å². The van der Waals surface area contributed by atoms with Crippen LogP contribution in [0, 0.1) is 5.92 Å². The molecule has 7 heteroatoms. The standard InChI is InChI=1S/C32H37ClN4O2/c33-30-7-2-1-5-26(30)23-36-18-16-31(37-19-21-39-22-20-37)27(24-36)11-15-32(38)35-29-13-9-25(10-14-29)8-12-28-6-3-4-17-34-28/h1-10,12-14,17,27,31H,11,15-16,18-24H2,(H,35,38)/b12-8+/t27-,31+/m0/s1. The molecule has 0 saturated carbocycles. The zero-order valence-corrected chi connectivity index (χ0v) is 23.1. The van der Waals surface area contributed by atoms with Gasteiger partial charge in [0.2, 0.25) is 5.91 Å². The molecule has 204 valence electrons. The normalized spacial score (nSPS) is 20.7. The second kappa shape index (κ2) is 13.9. The summed E-state index contributed by atoms with van der Waals surface area (Å²) in [5, 5.41) is 3.92. The summed E-state index contributed by atoms with van der Waals surface area (Å²) < 4.78 is 5.61. The van der Waals surface area contributed by atoms with Crippen LogP contribution in [0.15, 0.2) is 72.9 Å². The first kappa shape index (κ1) is 27.5. The van der Waals surface area contributed by atoms with Gasteiger partial charge >= 0.3 is 0 Å². The Hall–Kier alpha value is -3.03. The third-order valence-corrected chi connectivity index (χ3v) is 8.08. The van der Waals surface area contributed by atoms with Gasteiger partial charge in [0.25, 0.3) is 0 Å². The van der Waals surface area contributed by atoms with E-state index in [-0.39, 0.29) is 5.91 Å². The Bertz CT molecular complexity index is 1230. The quantitative estimate of drug-likeness (QED) is 0.366. The van der Waals surface area contributed by atoms with E-state index in [1.165, 1.54) is 5.56 Å². The number of aromatic nitrogens is 1. The first-order valence-electron chi connectivity index (χ1n) is 13.9. The summed E-state index contributed by atoms with van der Waals surface area (Å²) in [5.41, 5.74) is 3.97. The maximum Gasteiger partial charge on any atom is 0.224 e. The van der Waals surface area contributed by atoms with Crippen LogP contribution in [0.3, 0.4) is 0 Å². The molecule has 39 heavy (non-hydrogen) atoms. The van der Waals surface area contributed by atoms with Crippen LogP contribution in [0.5, 0.6) is 0 Å². The van der Waals surface area contributed by atoms with Crippen molar-refractivity contribution in [1.82, 2.24) is 14.8 Å². The van der Waals surface area contributed by atoms with Crippen LogP contribution >= 0.6 is 11.6 Å². The van der Waals surface area contributed by atoms with Gasteiger partial charge in [0.15, 0.2) is 0 Å². The Morgan fingerprint density at radius 1 is 1.00 bits per heavy atom. The number of ether oxygens (including phenoxy) is 1. The van der Waals surface area contributed by atoms with Crippen molar-refractivity contribution in [2.75, 3.05) is 44.7 Å². The SMILES string of the molecule is O=C(CC[C@H]1CN(Cc2ccccc2Cl)CC[C@H]1N1CCOCC1)Nc1ccc(/C=C/c2ccccn2)cc1. The number of carbonyl (C=O) groups is 1. The number of nitrogens with zero attached hydrogens (tertiary/aromatic N) is 3. The zero-order valence-electron chi connectivity index (χ0n) is 22.3. The number of carbonyl (C=O) groups excluding carboxylic acids is 1. The summed E-state index contributed by atoms with van der Waals surface area (Å²) in [6.45, 7) is 6.38. The van der Waals surface area contributed by atoms with Gasteiger partial charge in [0.1, 0.15) is 0 Å². The number of hydrogen-bond acceptors (Lipinski definition) is 5. The summed E-state index contributed by atoms with van der Waals surface area (Å²) >= 11 is 6.46. The van der Waals surface area contributed by atoms with Crippen LogP contribution in [0.25, 0.3) is 12.2 Å². The van der Waals surface area contributed by atoms with Gasteiger partial charge < -0.3 is 10.1 Å². The molecular weight excluding hydrogens is 508 g/mol. The van der Waals surface area contributed by atoms with Crippen LogP contribution < -0.4 is 5.32 Å². The highest BCUT2D eigenvalue weighted by Gasteiger charge is 2.34. The molecule has 3 heterocycles. The molecule has 2 aromatic carbocycles. The minimum Gasteiger partial charge on any atom is -0.379 e. The third kappa shape index (κ3) is 7.99. The molecule has 0 unspecified atom stereocenters. The number of halogens is 1. The third-order valence-electron chi connectivity index (χ3n) is 7.72. The summed E-state index contributed by atoms with van der Waals surface area (Å²) in [4.78, 5) is 22.3. The van der Waals surface area contributed by atoms with Crippen molar-refractivity contribution in [3.8, 4) is 0 Å². The average molecular weight is 545 g/mol. The Labute approximate surface area is 236 Å². The molecule has 1 amide bonds. The van der Waals surface area contributed by atoms with E-state index in [9.17, 15) is 4.79 Å². The molecule has 6 nitrogen and oxygen atoms in total. The van der Waals surface area contributed by atoms with Crippen molar-refractivity contribution < 1.29 is 9.53 Å². The fourth-order valence-electron chi connectivity index (χ4n) is 5.65. The minimum atomic E-state index is 0.0655. The molecule has 1 N–H and O–H groups in total. The Morgan fingerprint density at radius 3 is 2.56 bits per heavy atom. The Kier molecular flexibility index (Phi) is 9.78. The lowest BCUT2D eigenvalue weighted by Crippen LogP contribution is -2.53. The number of amides is 1. The summed E-state index contributed by atoms with van der Waals surface area (Å²) in [6, 6.07) is 22.4. The molecule has 2 fully saturated rings. The summed E-state index contributed by atoms with van der Waals surface area (Å²) in [6.07, 6.45) is 8.26. The van der Waals surface area contributed by atoms with Crippen LogP contribution in [0.4, 0.5) is 5.69 Å². The molecule has 2 aliphatic heterocycles. The summed E-state index contributed by atoms with van der Waals surface area (Å²) in [7, 11) is 0. The van der Waals surface area contributed by atoms with Gasteiger partial charge in [-0.15, -0.1) is 0 Å². The van der Waals surface area contributed by atoms with E-state index >= 15 is 0 Å². The number of morpholine rings is 1. The number of nitrogens with one attached hydrogen (secondary N) is 1. The van der Waals surface area contributed by atoms with Crippen molar-refractivity contribution in [2.45, 2.75) is 31.8 Å². The lowest BCUT2D eigenvalue weighted by atomic mass is 9.86. The number of anilines is 1. The molecule has 0 aliphatic carbocycles. The second-order valence-corrected chi connectivity index (χ2v) is 10.8. The minimum absolute atomic E-state index is 0.0655. The van der Waals surface area contributed by atoms with E-state index in [4.69, 9.17) is 16.3 Å². The van der Waals surface area contributed by atoms with E-state index in [0.717, 1.165) is 80.7 Å². The van der Waals surface area contributed by atoms with Crippen LogP contribution in [0.2, 0.25) is 5.02 Å². The predicted molar refractivity (Wildman–Crippen MR) is 158 cm³/mol. The fourth-order valence-corrected chi connectivity index (χ4v) is 5.85. The van der Waals surface area contributed by atoms with Gasteiger partial charge in [-0.3, -0.25) is 19.6 Å². The molecule has 3 aromatic rings. The Balaban J connectivity index is 1.17. The van der Waals surface area contributed by atoms with Crippen LogP contribution in [-0.4, -0.2) is 66.1 Å². The number of rotatable bonds is 9. The first-order chi connectivity index (χ1) is 19.1. The lowest BCUT2D eigenvalue weighted by Gasteiger charge is -2.45. The number of pyridine rings is 1. The fraction of sp³-hybridized carbons (Fsp3) is 0.375. The smallest absolute Gasteiger partial charge is 0.224 e. The van der Waals surface area contributed by atoms with Gasteiger partial charge in [0.05, 0.1) is 18.9 Å². The summed E-state index contributed by atoms with van der Waals surface area (Å²) in [5.74, 6) is 0.486. The molecule has 0 spiro atoms. The maximum atomic E-state index is 13.0. The molecule has 2 saturated heterocycles. The van der Waals surface area contributed by atoms with E-state index in [1.807, 2.05) is 72.8 Å². The highest BCUT2D eigenvalue weighted by molar-refractivity contribution is 6.31. The van der Waals surface area contributed by atoms with E-state index in [0.29, 0.717) is 18.4 Å². The molecule has 5 rings (SSSR count). The van der Waals surface area contributed by atoms with Crippen molar-refractivity contribution in [1.29, 1.82) is 0 Å². The molecular formula is C32H37ClN4O2. The van der Waals surface area contributed by atoms with Gasteiger partial charge in [-0.25, -0.2) is 0 Å². The number of benzene rings is 2. The number of piperidine rings is 1. The average Bonchev–Trinajstić information content (AvgIpc) is 2.98. The van der Waals surface area contributed by atoms with Gasteiger partial charge in [-0.1, -0.05) is 54.1 Å². The van der Waals surface area contributed by atoms with E-state index in [2.05, 4.69) is 26.2 Å². The van der Waals surface area contributed by atoms with Gasteiger partial charge in [-0.2, -0.15) is 0 Å². The van der Waals surface area contributed by atoms with Crippen molar-refractivity contribution in [2.24, 2.45) is 5.92 Å². The van der Waals surface area contributed by atoms with E-state index < -0.39 is 0 Å². The van der Waals surface area contributed by atoms with Crippen molar-refractivity contribution in [3.05, 3.63) is 94.8 Å². The van der Waals surface area contributed by atoms with Crippen LogP contribution in [-0.2, 0) is 16.1 Å². The predicted octanol–water partition coefficient (Wildman–Crippen LogP) is 5.85. The maximum absolute atomic E-state index is 13.0. The Morgan fingerprint density at radius 2 is 1.79 bits per heavy atom. The van der Waals surface area contributed by atoms with Crippen molar-refractivity contribution in [3.63, 3.8) is 0 Å². The molecule has 0 bridgehead atoms. The van der Waals surface area contributed by atoms with Gasteiger partial charge in [0, 0.05) is 55.5 Å².